The topological polar surface area (TPSA) is 199 Å². The van der Waals surface area contributed by atoms with Crippen molar-refractivity contribution in [2.75, 3.05) is 18.0 Å². The van der Waals surface area contributed by atoms with Gasteiger partial charge in [-0.3, -0.25) is 13.7 Å². The molecule has 4 N–H and O–H groups in total. The van der Waals surface area contributed by atoms with Gasteiger partial charge in [-0.1, -0.05) is 66.7 Å². The molecule has 4 aromatic carbocycles. The van der Waals surface area contributed by atoms with Gasteiger partial charge >= 0.3 is 0 Å². The van der Waals surface area contributed by atoms with Crippen LogP contribution in [0.4, 0.5) is 5.69 Å². The number of anilines is 1. The molecule has 0 spiro atoms. The van der Waals surface area contributed by atoms with Crippen molar-refractivity contribution in [3.8, 4) is 0 Å². The van der Waals surface area contributed by atoms with Crippen molar-refractivity contribution >= 4 is 47.3 Å². The molecule has 1 aliphatic rings. The molecule has 15 heteroatoms. The van der Waals surface area contributed by atoms with Crippen molar-refractivity contribution in [3.63, 3.8) is 0 Å². The van der Waals surface area contributed by atoms with Crippen LogP contribution in [-0.4, -0.2) is 67.8 Å². The van der Waals surface area contributed by atoms with Gasteiger partial charge in [-0.15, -0.1) is 0 Å². The monoisotopic (exact) mass is 766 g/mol. The van der Waals surface area contributed by atoms with Crippen LogP contribution in [0.15, 0.2) is 142 Å². The summed E-state index contributed by atoms with van der Waals surface area (Å²) in [5, 5.41) is 0. The Balaban J connectivity index is 0.00000605. The summed E-state index contributed by atoms with van der Waals surface area (Å²) in [6.07, 6.45) is 7.26. The zero-order valence-electron chi connectivity index (χ0n) is 28.2. The minimum Gasteiger partial charge on any atom is -0.870 e. The van der Waals surface area contributed by atoms with Crippen molar-refractivity contribution in [2.45, 2.75) is 41.6 Å². The molecule has 0 bridgehead atoms. The van der Waals surface area contributed by atoms with E-state index in [-0.39, 0.29) is 38.8 Å². The van der Waals surface area contributed by atoms with Crippen LogP contribution in [-0.2, 0) is 43.4 Å². The second kappa shape index (κ2) is 16.3. The number of hydrogen-bond donors (Lipinski definition) is 3. The quantitative estimate of drug-likeness (QED) is 0.115. The molecule has 0 unspecified atom stereocenters. The molecule has 52 heavy (non-hydrogen) atoms. The summed E-state index contributed by atoms with van der Waals surface area (Å²) in [6.45, 7) is 5.21. The van der Waals surface area contributed by atoms with Crippen molar-refractivity contribution in [3.05, 3.63) is 149 Å². The first-order chi connectivity index (χ1) is 24.1. The zero-order valence-corrected chi connectivity index (χ0v) is 30.7. The standard InChI is InChI=1S/C37H36N2O9S3.H2O/c1-3-38(25-29-11-5-8-14-34(29)49(40,41)42)31-21-17-27(18-22-31)37(33-13-7-10-16-36(33)51(46,47)48)28-19-23-32(24-20-28)39(4-2)26-30-12-6-9-15-35(30)50(43,44)45;/h5-24H,3-4,25-26H2,1-2H3,(H2-,40,41,42,43,44,45,46,47,48);1H2. The van der Waals surface area contributed by atoms with Gasteiger partial charge in [0.25, 0.3) is 30.4 Å². The minimum absolute atomic E-state index is 0. The maximum absolute atomic E-state index is 12.5. The molecule has 0 amide bonds. The SMILES string of the molecule is CCN(Cc1ccccc1S(=O)(=O)O)c1ccc(C(=C2C=CC(=[N+](CC)Cc3ccccc3S(=O)(=O)O)C=C2)c2ccccc2S(=O)(=O)O)cc1.[OH-]. The van der Waals surface area contributed by atoms with Gasteiger partial charge in [-0.2, -0.15) is 25.3 Å². The summed E-state index contributed by atoms with van der Waals surface area (Å²) < 4.78 is 105. The minimum atomic E-state index is -4.62. The Labute approximate surface area is 304 Å². The second-order valence-corrected chi connectivity index (χ2v) is 15.8. The van der Waals surface area contributed by atoms with E-state index in [1.165, 1.54) is 36.4 Å². The summed E-state index contributed by atoms with van der Waals surface area (Å²) in [4.78, 5) is 1.30. The Bertz CT molecular complexity index is 2400. The van der Waals surface area contributed by atoms with Crippen LogP contribution < -0.4 is 4.90 Å². The molecule has 0 atom stereocenters. The second-order valence-electron chi connectivity index (χ2n) is 11.6. The van der Waals surface area contributed by atoms with E-state index in [4.69, 9.17) is 0 Å². The molecule has 5 rings (SSSR count). The van der Waals surface area contributed by atoms with E-state index in [0.29, 0.717) is 40.9 Å². The fourth-order valence-electron chi connectivity index (χ4n) is 6.01. The first kappa shape index (κ1) is 40.0. The number of rotatable bonds is 12. The number of hydrogen-bond acceptors (Lipinski definition) is 8. The molecule has 0 saturated carbocycles. The summed E-state index contributed by atoms with van der Waals surface area (Å²) in [6, 6.07) is 25.8. The van der Waals surface area contributed by atoms with Crippen LogP contribution >= 0.6 is 0 Å². The van der Waals surface area contributed by atoms with Crippen LogP contribution in [0, 0.1) is 0 Å². The lowest BCUT2D eigenvalue weighted by Gasteiger charge is -2.25. The molecule has 12 nitrogen and oxygen atoms in total. The smallest absolute Gasteiger partial charge is 0.295 e. The maximum Gasteiger partial charge on any atom is 0.295 e. The largest absolute Gasteiger partial charge is 0.870 e. The molecule has 1 aliphatic carbocycles. The van der Waals surface area contributed by atoms with Gasteiger partial charge in [0.1, 0.15) is 16.3 Å². The highest BCUT2D eigenvalue weighted by Gasteiger charge is 2.24. The van der Waals surface area contributed by atoms with Gasteiger partial charge in [0.05, 0.1) is 4.90 Å². The van der Waals surface area contributed by atoms with Gasteiger partial charge in [-0.05, 0) is 78.6 Å². The van der Waals surface area contributed by atoms with Crippen molar-refractivity contribution in [2.24, 2.45) is 0 Å². The highest BCUT2D eigenvalue weighted by atomic mass is 32.2. The summed E-state index contributed by atoms with van der Waals surface area (Å²) in [7, 11) is -13.5. The molecule has 0 fully saturated rings. The third kappa shape index (κ3) is 9.18. The van der Waals surface area contributed by atoms with Crippen LogP contribution in [0.2, 0.25) is 0 Å². The summed E-state index contributed by atoms with van der Waals surface area (Å²) in [5.41, 5.74) is 4.37. The van der Waals surface area contributed by atoms with Gasteiger partial charge < -0.3 is 10.4 Å². The zero-order chi connectivity index (χ0) is 37.0. The van der Waals surface area contributed by atoms with E-state index < -0.39 is 30.4 Å². The number of nitrogens with zero attached hydrogens (tertiary/aromatic N) is 2. The lowest BCUT2D eigenvalue weighted by atomic mass is 9.90. The highest BCUT2D eigenvalue weighted by molar-refractivity contribution is 7.86. The van der Waals surface area contributed by atoms with Crippen LogP contribution in [0.5, 0.6) is 0 Å². The maximum atomic E-state index is 12.5. The highest BCUT2D eigenvalue weighted by Crippen LogP contribution is 2.35. The fraction of sp³-hybridized carbons (Fsp3) is 0.162. The van der Waals surface area contributed by atoms with E-state index in [9.17, 15) is 38.9 Å². The Morgan fingerprint density at radius 3 is 1.62 bits per heavy atom. The molecule has 0 aromatic heterocycles. The molecule has 0 heterocycles. The predicted molar refractivity (Wildman–Crippen MR) is 198 cm³/mol. The molecule has 0 aliphatic heterocycles. The molecule has 274 valence electrons. The van der Waals surface area contributed by atoms with Crippen LogP contribution in [0.25, 0.3) is 5.57 Å². The summed E-state index contributed by atoms with van der Waals surface area (Å²) >= 11 is 0. The average Bonchev–Trinajstić information content (AvgIpc) is 3.10. The third-order valence-electron chi connectivity index (χ3n) is 8.46. The Hall–Kier alpha value is -4.74. The molecule has 0 radical (unpaired) electrons. The fourth-order valence-corrected chi connectivity index (χ4v) is 8.14. The van der Waals surface area contributed by atoms with Crippen molar-refractivity contribution in [1.82, 2.24) is 0 Å². The lowest BCUT2D eigenvalue weighted by Crippen LogP contribution is -2.23. The van der Waals surface area contributed by atoms with Gasteiger partial charge in [0.15, 0.2) is 12.3 Å². The van der Waals surface area contributed by atoms with Crippen LogP contribution in [0.3, 0.4) is 0 Å². The molecular formula is C37H38N2O10S3. The third-order valence-corrected chi connectivity index (χ3v) is 11.3. The van der Waals surface area contributed by atoms with Gasteiger partial charge in [0, 0.05) is 42.1 Å². The Kier molecular flexibility index (Phi) is 12.5. The molecule has 0 saturated heterocycles. The molecule has 4 aromatic rings. The van der Waals surface area contributed by atoms with Crippen LogP contribution in [0.1, 0.15) is 36.1 Å². The van der Waals surface area contributed by atoms with Crippen molar-refractivity contribution < 1.29 is 49.0 Å². The van der Waals surface area contributed by atoms with Gasteiger partial charge in [0.2, 0.25) is 0 Å². The van der Waals surface area contributed by atoms with Gasteiger partial charge in [-0.25, -0.2) is 4.58 Å². The van der Waals surface area contributed by atoms with E-state index in [1.54, 1.807) is 60.7 Å². The number of allylic oxidation sites excluding steroid dienone is 5. The van der Waals surface area contributed by atoms with E-state index >= 15 is 0 Å². The normalized spacial score (nSPS) is 13.1. The van der Waals surface area contributed by atoms with E-state index in [2.05, 4.69) is 0 Å². The molecular weight excluding hydrogens is 729 g/mol. The number of benzene rings is 4. The van der Waals surface area contributed by atoms with E-state index in [1.807, 2.05) is 47.6 Å². The first-order valence-electron chi connectivity index (χ1n) is 15.9. The van der Waals surface area contributed by atoms with E-state index in [0.717, 1.165) is 11.4 Å². The van der Waals surface area contributed by atoms with Crippen molar-refractivity contribution in [1.29, 1.82) is 0 Å². The first-order valence-corrected chi connectivity index (χ1v) is 20.2. The Morgan fingerprint density at radius 2 is 1.10 bits per heavy atom. The summed E-state index contributed by atoms with van der Waals surface area (Å²) in [5.74, 6) is 0. The lowest BCUT2D eigenvalue weighted by molar-refractivity contribution is -0.539. The predicted octanol–water partition coefficient (Wildman–Crippen LogP) is 5.88. The average molecular weight is 767 g/mol. The Morgan fingerprint density at radius 1 is 0.615 bits per heavy atom.